The molecule has 1 unspecified atom stereocenters. The van der Waals surface area contributed by atoms with E-state index >= 15 is 0 Å². The third-order valence-corrected chi connectivity index (χ3v) is 6.77. The first-order valence-electron chi connectivity index (χ1n) is 9.84. The maximum atomic E-state index is 13.0. The summed E-state index contributed by atoms with van der Waals surface area (Å²) < 4.78 is 27.0. The molecular weight excluding hydrogens is 418 g/mol. The molecule has 1 heterocycles. The van der Waals surface area contributed by atoms with Gasteiger partial charge in [0.2, 0.25) is 11.8 Å². The van der Waals surface area contributed by atoms with Gasteiger partial charge >= 0.3 is 0 Å². The molecule has 8 nitrogen and oxygen atoms in total. The van der Waals surface area contributed by atoms with Crippen molar-refractivity contribution in [1.29, 1.82) is 0 Å². The van der Waals surface area contributed by atoms with Gasteiger partial charge in [0.05, 0.1) is 17.9 Å². The van der Waals surface area contributed by atoms with Crippen molar-refractivity contribution in [3.05, 3.63) is 77.6 Å². The molecule has 0 aromatic heterocycles. The van der Waals surface area contributed by atoms with E-state index in [0.717, 1.165) is 21.0 Å². The minimum atomic E-state index is -3.99. The molecule has 2 aromatic rings. The number of aryl methyl sites for hydroxylation is 1. The number of aliphatic hydroxyl groups is 1. The number of benzene rings is 2. The van der Waals surface area contributed by atoms with E-state index in [1.54, 1.807) is 12.1 Å². The highest BCUT2D eigenvalue weighted by atomic mass is 32.2. The lowest BCUT2D eigenvalue weighted by Gasteiger charge is -2.31. The molecule has 0 fully saturated rings. The summed E-state index contributed by atoms with van der Waals surface area (Å²) in [6.07, 6.45) is 2.78. The van der Waals surface area contributed by atoms with Crippen LogP contribution < -0.4 is 10.6 Å². The second kappa shape index (κ2) is 9.76. The lowest BCUT2D eigenvalue weighted by Crippen LogP contribution is -2.51. The molecular formula is C22H25N3O5S. The van der Waals surface area contributed by atoms with Crippen LogP contribution in [0.15, 0.2) is 65.8 Å². The molecule has 0 bridgehead atoms. The summed E-state index contributed by atoms with van der Waals surface area (Å²) in [6, 6.07) is 12.5. The first-order chi connectivity index (χ1) is 14.8. The van der Waals surface area contributed by atoms with E-state index in [4.69, 9.17) is 5.11 Å². The molecule has 3 rings (SSSR count). The summed E-state index contributed by atoms with van der Waals surface area (Å²) in [5.74, 6) is -0.987. The fraction of sp³-hybridized carbons (Fsp3) is 0.273. The summed E-state index contributed by atoms with van der Waals surface area (Å²) in [6.45, 7) is 2.15. The van der Waals surface area contributed by atoms with E-state index in [2.05, 4.69) is 10.6 Å². The molecule has 1 atom stereocenters. The molecule has 31 heavy (non-hydrogen) atoms. The summed E-state index contributed by atoms with van der Waals surface area (Å²) in [5.41, 5.74) is 2.70. The van der Waals surface area contributed by atoms with Crippen LogP contribution >= 0.6 is 0 Å². The number of hydrogen-bond acceptors (Lipinski definition) is 5. The summed E-state index contributed by atoms with van der Waals surface area (Å²) in [4.78, 5) is 24.8. The van der Waals surface area contributed by atoms with Crippen LogP contribution in [0.1, 0.15) is 23.1 Å². The lowest BCUT2D eigenvalue weighted by atomic mass is 10.1. The van der Waals surface area contributed by atoms with Crippen molar-refractivity contribution in [3.8, 4) is 0 Å². The van der Waals surface area contributed by atoms with Crippen LogP contribution in [0.5, 0.6) is 0 Å². The van der Waals surface area contributed by atoms with Crippen molar-refractivity contribution in [1.82, 2.24) is 14.9 Å². The zero-order valence-electron chi connectivity index (χ0n) is 17.1. The Kier molecular flexibility index (Phi) is 7.09. The maximum Gasteiger partial charge on any atom is 0.264 e. The van der Waals surface area contributed by atoms with Gasteiger partial charge in [-0.25, -0.2) is 8.42 Å². The van der Waals surface area contributed by atoms with E-state index in [-0.39, 0.29) is 17.9 Å². The van der Waals surface area contributed by atoms with E-state index in [9.17, 15) is 18.0 Å². The molecule has 0 saturated carbocycles. The zero-order chi connectivity index (χ0) is 22.4. The monoisotopic (exact) mass is 443 g/mol. The number of sulfonamides is 1. The number of amides is 2. The molecule has 2 amide bonds. The average molecular weight is 444 g/mol. The van der Waals surface area contributed by atoms with Gasteiger partial charge in [0.25, 0.3) is 10.0 Å². The third-order valence-electron chi connectivity index (χ3n) is 4.97. The number of carbonyl (C=O) groups is 2. The quantitative estimate of drug-likeness (QED) is 0.567. The van der Waals surface area contributed by atoms with Crippen LogP contribution in [0.2, 0.25) is 0 Å². The van der Waals surface area contributed by atoms with Gasteiger partial charge in [-0.05, 0) is 36.6 Å². The second-order valence-corrected chi connectivity index (χ2v) is 9.11. The number of hydrogen-bond donors (Lipinski definition) is 3. The molecule has 0 spiro atoms. The molecule has 0 radical (unpaired) electrons. The average Bonchev–Trinajstić information content (AvgIpc) is 2.76. The maximum absolute atomic E-state index is 13.0. The van der Waals surface area contributed by atoms with Crippen molar-refractivity contribution < 1.29 is 23.1 Å². The van der Waals surface area contributed by atoms with Crippen molar-refractivity contribution in [2.24, 2.45) is 0 Å². The van der Waals surface area contributed by atoms with Crippen LogP contribution in [-0.2, 0) is 32.6 Å². The van der Waals surface area contributed by atoms with Gasteiger partial charge in [0, 0.05) is 18.9 Å². The Bertz CT molecular complexity index is 1060. The van der Waals surface area contributed by atoms with Gasteiger partial charge in [-0.1, -0.05) is 42.0 Å². The summed E-state index contributed by atoms with van der Waals surface area (Å²) >= 11 is 0. The van der Waals surface area contributed by atoms with Gasteiger partial charge in [-0.15, -0.1) is 0 Å². The van der Waals surface area contributed by atoms with Gasteiger partial charge in [-0.2, -0.15) is 0 Å². The largest absolute Gasteiger partial charge is 0.392 e. The molecule has 0 aliphatic carbocycles. The number of rotatable bonds is 8. The predicted octanol–water partition coefficient (Wildman–Crippen LogP) is 1.20. The van der Waals surface area contributed by atoms with Crippen molar-refractivity contribution in [2.45, 2.75) is 37.3 Å². The molecule has 0 saturated heterocycles. The SMILES string of the molecule is Cc1ccc(S(=O)(=O)N2C=CNC(=O)C2CC(=O)NCCc2ccc(CO)cc2)cc1. The van der Waals surface area contributed by atoms with Gasteiger partial charge in [-0.3, -0.25) is 13.9 Å². The highest BCUT2D eigenvalue weighted by Gasteiger charge is 2.36. The van der Waals surface area contributed by atoms with Crippen LogP contribution in [-0.4, -0.2) is 42.2 Å². The minimum absolute atomic E-state index is 0.0308. The standard InChI is InChI=1S/C22H25N3O5S/c1-16-2-8-19(9-3-16)31(29,30)25-13-12-24-22(28)20(25)14-21(27)23-11-10-17-4-6-18(15-26)7-5-17/h2-9,12-13,20,26H,10-11,14-15H2,1H3,(H,23,27)(H,24,28). The predicted molar refractivity (Wildman–Crippen MR) is 115 cm³/mol. The number of nitrogens with one attached hydrogen (secondary N) is 2. The molecule has 164 valence electrons. The van der Waals surface area contributed by atoms with E-state index in [0.29, 0.717) is 13.0 Å². The Hall–Kier alpha value is -3.17. The van der Waals surface area contributed by atoms with E-state index in [1.807, 2.05) is 31.2 Å². The topological polar surface area (TPSA) is 116 Å². The van der Waals surface area contributed by atoms with Crippen LogP contribution in [0.4, 0.5) is 0 Å². The Labute approximate surface area is 181 Å². The minimum Gasteiger partial charge on any atom is -0.392 e. The molecule has 9 heteroatoms. The van der Waals surface area contributed by atoms with Gasteiger partial charge in [0.15, 0.2) is 0 Å². The van der Waals surface area contributed by atoms with Crippen LogP contribution in [0.25, 0.3) is 0 Å². The summed E-state index contributed by atoms with van der Waals surface area (Å²) in [5, 5.41) is 14.3. The first-order valence-corrected chi connectivity index (χ1v) is 11.3. The third kappa shape index (κ3) is 5.50. The fourth-order valence-corrected chi connectivity index (χ4v) is 4.63. The zero-order valence-corrected chi connectivity index (χ0v) is 17.9. The second-order valence-electron chi connectivity index (χ2n) is 7.27. The van der Waals surface area contributed by atoms with E-state index < -0.39 is 27.9 Å². The van der Waals surface area contributed by atoms with Gasteiger partial charge < -0.3 is 15.7 Å². The van der Waals surface area contributed by atoms with E-state index in [1.165, 1.54) is 24.5 Å². The Balaban J connectivity index is 1.64. The first kappa shape index (κ1) is 22.5. The molecule has 3 N–H and O–H groups in total. The number of nitrogens with zero attached hydrogens (tertiary/aromatic N) is 1. The smallest absolute Gasteiger partial charge is 0.264 e. The Morgan fingerprint density at radius 3 is 2.39 bits per heavy atom. The fourth-order valence-electron chi connectivity index (χ4n) is 3.18. The Morgan fingerprint density at radius 2 is 1.74 bits per heavy atom. The normalized spacial score (nSPS) is 16.1. The summed E-state index contributed by atoms with van der Waals surface area (Å²) in [7, 11) is -3.99. The van der Waals surface area contributed by atoms with Crippen LogP contribution in [0, 0.1) is 6.92 Å². The lowest BCUT2D eigenvalue weighted by molar-refractivity contribution is -0.129. The number of aliphatic hydroxyl groups excluding tert-OH is 1. The van der Waals surface area contributed by atoms with Crippen LogP contribution in [0.3, 0.4) is 0 Å². The number of carbonyl (C=O) groups excluding carboxylic acids is 2. The van der Waals surface area contributed by atoms with Crippen molar-refractivity contribution in [3.63, 3.8) is 0 Å². The van der Waals surface area contributed by atoms with Gasteiger partial charge in [0.1, 0.15) is 6.04 Å². The Morgan fingerprint density at radius 1 is 1.10 bits per heavy atom. The molecule has 2 aromatic carbocycles. The highest BCUT2D eigenvalue weighted by Crippen LogP contribution is 2.22. The van der Waals surface area contributed by atoms with Crippen molar-refractivity contribution >= 4 is 21.8 Å². The molecule has 1 aliphatic heterocycles. The van der Waals surface area contributed by atoms with Crippen molar-refractivity contribution in [2.75, 3.05) is 6.54 Å². The molecule has 1 aliphatic rings. The highest BCUT2D eigenvalue weighted by molar-refractivity contribution is 7.89.